The van der Waals surface area contributed by atoms with Crippen LogP contribution in [-0.2, 0) is 14.4 Å². The molecule has 2 atom stereocenters. The largest absolute Gasteiger partial charge is 0.333 e. The number of likely N-dealkylation sites (tertiary alicyclic amines) is 2. The molecule has 0 saturated carbocycles. The first-order valence-electron chi connectivity index (χ1n) is 10.7. The van der Waals surface area contributed by atoms with E-state index in [-0.39, 0.29) is 35.1 Å². The van der Waals surface area contributed by atoms with Gasteiger partial charge in [-0.3, -0.25) is 14.4 Å². The van der Waals surface area contributed by atoms with Crippen molar-refractivity contribution in [2.24, 2.45) is 11.3 Å². The Morgan fingerprint density at radius 2 is 1.44 bits per heavy atom. The van der Waals surface area contributed by atoms with Crippen LogP contribution in [0.25, 0.3) is 0 Å². The van der Waals surface area contributed by atoms with Crippen molar-refractivity contribution in [1.29, 1.82) is 0 Å². The third-order valence-corrected chi connectivity index (χ3v) is 5.70. The van der Waals surface area contributed by atoms with Gasteiger partial charge in [0.05, 0.1) is 12.1 Å². The smallest absolute Gasteiger partial charge is 0.223 e. The van der Waals surface area contributed by atoms with Gasteiger partial charge in [-0.2, -0.15) is 0 Å². The highest BCUT2D eigenvalue weighted by atomic mass is 16.2. The maximum atomic E-state index is 13.2. The Kier molecular flexibility index (Phi) is 7.47. The van der Waals surface area contributed by atoms with Crippen LogP contribution in [0.4, 0.5) is 0 Å². The Bertz CT molecular complexity index is 550. The molecule has 0 bridgehead atoms. The minimum absolute atomic E-state index is 0.0851. The lowest BCUT2D eigenvalue weighted by atomic mass is 9.90. The second-order valence-electron chi connectivity index (χ2n) is 9.90. The number of Topliss-reactive ketones (excluding diaryl/α,β-unsaturated/α-hetero) is 1. The second-order valence-corrected chi connectivity index (χ2v) is 9.90. The van der Waals surface area contributed by atoms with Crippen LogP contribution in [0.15, 0.2) is 0 Å². The van der Waals surface area contributed by atoms with Gasteiger partial charge in [0.15, 0.2) is 5.78 Å². The van der Waals surface area contributed by atoms with Crippen molar-refractivity contribution in [3.05, 3.63) is 0 Å². The molecule has 5 heteroatoms. The molecule has 2 aliphatic rings. The van der Waals surface area contributed by atoms with Crippen molar-refractivity contribution in [1.82, 2.24) is 9.80 Å². The van der Waals surface area contributed by atoms with E-state index in [1.165, 1.54) is 0 Å². The third-order valence-electron chi connectivity index (χ3n) is 5.70. The summed E-state index contributed by atoms with van der Waals surface area (Å²) in [5.41, 5.74) is 0.224. The summed E-state index contributed by atoms with van der Waals surface area (Å²) in [6.07, 6.45) is 6.12. The Labute approximate surface area is 164 Å². The van der Waals surface area contributed by atoms with Gasteiger partial charge >= 0.3 is 0 Å². The maximum absolute atomic E-state index is 13.2. The topological polar surface area (TPSA) is 57.7 Å². The molecule has 0 aliphatic carbocycles. The molecule has 5 nitrogen and oxygen atoms in total. The maximum Gasteiger partial charge on any atom is 0.223 e. The van der Waals surface area contributed by atoms with Crippen molar-refractivity contribution in [2.45, 2.75) is 98.1 Å². The summed E-state index contributed by atoms with van der Waals surface area (Å²) in [5.74, 6) is 0.572. The predicted octanol–water partition coefficient (Wildman–Crippen LogP) is 3.80. The average molecular weight is 379 g/mol. The molecule has 0 radical (unpaired) electrons. The molecular weight excluding hydrogens is 340 g/mol. The average Bonchev–Trinajstić information content (AvgIpc) is 3.21. The van der Waals surface area contributed by atoms with E-state index in [0.29, 0.717) is 31.8 Å². The molecule has 0 aromatic heterocycles. The van der Waals surface area contributed by atoms with E-state index in [0.717, 1.165) is 38.5 Å². The van der Waals surface area contributed by atoms with E-state index in [2.05, 4.69) is 20.8 Å². The van der Waals surface area contributed by atoms with Gasteiger partial charge in [0.25, 0.3) is 0 Å². The molecular formula is C22H38N2O3. The van der Waals surface area contributed by atoms with Crippen LogP contribution >= 0.6 is 0 Å². The van der Waals surface area contributed by atoms with Crippen LogP contribution in [0.3, 0.4) is 0 Å². The van der Waals surface area contributed by atoms with E-state index in [1.54, 1.807) is 9.80 Å². The van der Waals surface area contributed by atoms with Crippen molar-refractivity contribution >= 4 is 17.6 Å². The molecule has 0 aromatic rings. The van der Waals surface area contributed by atoms with Gasteiger partial charge in [-0.25, -0.2) is 0 Å². The third kappa shape index (κ3) is 6.05. The van der Waals surface area contributed by atoms with E-state index in [1.807, 2.05) is 13.8 Å². The van der Waals surface area contributed by atoms with Crippen molar-refractivity contribution in [3.8, 4) is 0 Å². The van der Waals surface area contributed by atoms with Gasteiger partial charge < -0.3 is 9.80 Å². The first-order valence-corrected chi connectivity index (χ1v) is 10.7. The van der Waals surface area contributed by atoms with Gasteiger partial charge in [0.2, 0.25) is 11.8 Å². The minimum Gasteiger partial charge on any atom is -0.333 e. The quantitative estimate of drug-likeness (QED) is 0.677. The Hall–Kier alpha value is -1.39. The summed E-state index contributed by atoms with van der Waals surface area (Å²) in [4.78, 5) is 42.0. The highest BCUT2D eigenvalue weighted by Crippen LogP contribution is 2.28. The van der Waals surface area contributed by atoms with Gasteiger partial charge in [-0.05, 0) is 49.9 Å². The van der Waals surface area contributed by atoms with Gasteiger partial charge in [-0.15, -0.1) is 0 Å². The number of nitrogens with zero attached hydrogens (tertiary/aromatic N) is 2. The Morgan fingerprint density at radius 3 is 1.93 bits per heavy atom. The Morgan fingerprint density at radius 1 is 0.926 bits per heavy atom. The standard InChI is InChI=1S/C22H38N2O3/c1-16(2)15-20(26)24-14-8-10-18(24)21(27)17-9-7-13-23(17)19(25)11-6-12-22(3,4)5/h16-18H,6-15H2,1-5H3/t17?,18-/m0/s1. The molecule has 154 valence electrons. The molecule has 0 spiro atoms. The Balaban J connectivity index is 1.97. The molecule has 2 fully saturated rings. The normalized spacial score (nSPS) is 23.3. The number of carbonyl (C=O) groups excluding carboxylic acids is 3. The minimum atomic E-state index is -0.329. The molecule has 2 heterocycles. The molecule has 2 rings (SSSR count). The van der Waals surface area contributed by atoms with Gasteiger partial charge in [0, 0.05) is 25.9 Å². The number of ketones is 1. The van der Waals surface area contributed by atoms with Crippen LogP contribution < -0.4 is 0 Å². The lowest BCUT2D eigenvalue weighted by molar-refractivity contribution is -0.143. The zero-order valence-electron chi connectivity index (χ0n) is 17.9. The van der Waals surface area contributed by atoms with Crippen LogP contribution in [0.5, 0.6) is 0 Å². The summed E-state index contributed by atoms with van der Waals surface area (Å²) < 4.78 is 0. The molecule has 2 aliphatic heterocycles. The summed E-state index contributed by atoms with van der Waals surface area (Å²) in [6, 6.07) is -0.659. The van der Waals surface area contributed by atoms with Crippen molar-refractivity contribution in [2.75, 3.05) is 13.1 Å². The molecule has 0 aromatic carbocycles. The monoisotopic (exact) mass is 378 g/mol. The SMILES string of the molecule is CC(C)CC(=O)N1CCC[C@H]1C(=O)C1CCCN1C(=O)CCCC(C)(C)C. The first kappa shape index (κ1) is 21.9. The summed E-state index contributed by atoms with van der Waals surface area (Å²) >= 11 is 0. The fourth-order valence-corrected chi connectivity index (χ4v) is 4.32. The van der Waals surface area contributed by atoms with Crippen molar-refractivity contribution < 1.29 is 14.4 Å². The van der Waals surface area contributed by atoms with Crippen LogP contribution in [0.1, 0.15) is 86.0 Å². The lowest BCUT2D eigenvalue weighted by Crippen LogP contribution is -2.50. The van der Waals surface area contributed by atoms with Gasteiger partial charge in [0.1, 0.15) is 0 Å². The summed E-state index contributed by atoms with van der Waals surface area (Å²) in [6.45, 7) is 12.0. The fourth-order valence-electron chi connectivity index (χ4n) is 4.32. The van der Waals surface area contributed by atoms with Gasteiger partial charge in [-0.1, -0.05) is 34.6 Å². The van der Waals surface area contributed by atoms with E-state index in [9.17, 15) is 14.4 Å². The number of hydrogen-bond donors (Lipinski definition) is 0. The van der Waals surface area contributed by atoms with Crippen LogP contribution in [0.2, 0.25) is 0 Å². The zero-order valence-corrected chi connectivity index (χ0v) is 17.9. The molecule has 0 N–H and O–H groups in total. The first-order chi connectivity index (χ1) is 12.6. The zero-order chi connectivity index (χ0) is 20.2. The summed E-state index contributed by atoms with van der Waals surface area (Å²) in [7, 11) is 0. The number of amides is 2. The van der Waals surface area contributed by atoms with E-state index in [4.69, 9.17) is 0 Å². The highest BCUT2D eigenvalue weighted by Gasteiger charge is 2.42. The number of carbonyl (C=O) groups is 3. The van der Waals surface area contributed by atoms with Crippen molar-refractivity contribution in [3.63, 3.8) is 0 Å². The number of rotatable bonds is 7. The fraction of sp³-hybridized carbons (Fsp3) is 0.864. The number of hydrogen-bond acceptors (Lipinski definition) is 3. The van der Waals surface area contributed by atoms with Crippen LogP contribution in [-0.4, -0.2) is 52.6 Å². The molecule has 27 heavy (non-hydrogen) atoms. The molecule has 2 saturated heterocycles. The van der Waals surface area contributed by atoms with Crippen LogP contribution in [0, 0.1) is 11.3 Å². The molecule has 2 amide bonds. The predicted molar refractivity (Wildman–Crippen MR) is 107 cm³/mol. The van der Waals surface area contributed by atoms with E-state index < -0.39 is 0 Å². The summed E-state index contributed by atoms with van der Waals surface area (Å²) in [5, 5.41) is 0. The van der Waals surface area contributed by atoms with E-state index >= 15 is 0 Å². The lowest BCUT2D eigenvalue weighted by Gasteiger charge is -2.30. The molecule has 1 unspecified atom stereocenters. The highest BCUT2D eigenvalue weighted by molar-refractivity contribution is 5.96. The second kappa shape index (κ2) is 9.20.